The van der Waals surface area contributed by atoms with Crippen LogP contribution in [0.15, 0.2) is 22.6 Å². The number of nitrogens with zero attached hydrogens (tertiary/aromatic N) is 3. The Morgan fingerprint density at radius 3 is 2.52 bits per heavy atom. The molecule has 7 nitrogen and oxygen atoms in total. The van der Waals surface area contributed by atoms with Crippen LogP contribution < -0.4 is 5.32 Å². The topological polar surface area (TPSA) is 91.5 Å². The van der Waals surface area contributed by atoms with Gasteiger partial charge in [-0.1, -0.05) is 16.7 Å². The smallest absolute Gasteiger partial charge is 0.403 e. The van der Waals surface area contributed by atoms with Crippen molar-refractivity contribution in [2.75, 3.05) is 18.4 Å². The first-order chi connectivity index (χ1) is 12.5. The number of hydrogen-bond donors (Lipinski definition) is 2. The highest BCUT2D eigenvalue weighted by Gasteiger charge is 2.26. The van der Waals surface area contributed by atoms with Crippen molar-refractivity contribution in [3.05, 3.63) is 29.0 Å². The number of amides is 1. The van der Waals surface area contributed by atoms with Crippen LogP contribution in [0, 0.1) is 5.82 Å². The summed E-state index contributed by atoms with van der Waals surface area (Å²) < 4.78 is 48.6. The fraction of sp³-hybridized carbons (Fsp3) is 0.400. The second-order valence-corrected chi connectivity index (χ2v) is 5.96. The normalized spacial score (nSPS) is 14.7. The van der Waals surface area contributed by atoms with Crippen molar-refractivity contribution in [2.24, 2.45) is 0 Å². The molecule has 0 aliphatic carbocycles. The number of benzene rings is 1. The van der Waals surface area contributed by atoms with Crippen molar-refractivity contribution in [3.63, 3.8) is 0 Å². The van der Waals surface area contributed by atoms with Crippen LogP contribution in [0.25, 0.3) is 11.5 Å². The van der Waals surface area contributed by atoms with E-state index >= 15 is 0 Å². The van der Waals surface area contributed by atoms with E-state index in [4.69, 9.17) is 21.1 Å². The second-order valence-electron chi connectivity index (χ2n) is 5.55. The predicted octanol–water partition coefficient (Wildman–Crippen LogP) is 3.06. The molecule has 0 bridgehead atoms. The molecule has 0 radical (unpaired) electrons. The van der Waals surface area contributed by atoms with E-state index in [0.29, 0.717) is 5.56 Å². The van der Waals surface area contributed by atoms with Crippen LogP contribution in [0.3, 0.4) is 0 Å². The Morgan fingerprint density at radius 1 is 1.37 bits per heavy atom. The fourth-order valence-corrected chi connectivity index (χ4v) is 2.20. The number of rotatable bonds is 4. The largest absolute Gasteiger partial charge is 0.519 e. The fourth-order valence-electron chi connectivity index (χ4n) is 2.08. The number of likely N-dealkylation sites (tertiary alicyclic amines) is 1. The second kappa shape index (κ2) is 8.53. The summed E-state index contributed by atoms with van der Waals surface area (Å²) in [5.74, 6) is -0.418. The highest BCUT2D eigenvalue weighted by molar-refractivity contribution is 6.30. The van der Waals surface area contributed by atoms with E-state index in [-0.39, 0.29) is 22.8 Å². The number of nitrogens with one attached hydrogen (secondary N) is 1. The van der Waals surface area contributed by atoms with E-state index < -0.39 is 18.2 Å². The van der Waals surface area contributed by atoms with Crippen LogP contribution >= 0.6 is 11.6 Å². The number of alkyl halides is 3. The predicted molar refractivity (Wildman–Crippen MR) is 87.3 cm³/mol. The Hall–Kier alpha value is -2.40. The first kappa shape index (κ1) is 20.9. The Balaban J connectivity index is 0.000000465. The molecule has 0 unspecified atom stereocenters. The van der Waals surface area contributed by atoms with Crippen LogP contribution in [0.1, 0.15) is 13.3 Å². The van der Waals surface area contributed by atoms with Crippen molar-refractivity contribution in [2.45, 2.75) is 25.7 Å². The van der Waals surface area contributed by atoms with Gasteiger partial charge in [-0.3, -0.25) is 4.79 Å². The van der Waals surface area contributed by atoms with Gasteiger partial charge in [-0.25, -0.2) is 4.39 Å². The van der Waals surface area contributed by atoms with Crippen molar-refractivity contribution in [3.8, 4) is 11.5 Å². The van der Waals surface area contributed by atoms with E-state index in [9.17, 15) is 22.4 Å². The first-order valence-corrected chi connectivity index (χ1v) is 8.05. The zero-order chi connectivity index (χ0) is 20.2. The lowest BCUT2D eigenvalue weighted by molar-refractivity contribution is -0.295. The van der Waals surface area contributed by atoms with Gasteiger partial charge in [0, 0.05) is 18.7 Å². The van der Waals surface area contributed by atoms with Crippen molar-refractivity contribution in [1.29, 1.82) is 0 Å². The van der Waals surface area contributed by atoms with Gasteiger partial charge in [-0.2, -0.15) is 0 Å². The molecule has 148 valence electrons. The first-order valence-electron chi connectivity index (χ1n) is 7.68. The number of aromatic nitrogens is 2. The number of carbonyl (C=O) groups is 1. The van der Waals surface area contributed by atoms with Gasteiger partial charge in [0.25, 0.3) is 0 Å². The van der Waals surface area contributed by atoms with Crippen LogP contribution in [0.4, 0.5) is 23.6 Å². The van der Waals surface area contributed by atoms with Gasteiger partial charge in [-0.15, -0.1) is 18.3 Å². The molecular formula is C15H15ClF4N4O3. The summed E-state index contributed by atoms with van der Waals surface area (Å²) in [5.41, 5.74) is 0.421. The molecule has 1 aromatic heterocycles. The van der Waals surface area contributed by atoms with Crippen LogP contribution in [0.5, 0.6) is 0 Å². The molecule has 1 saturated heterocycles. The molecule has 1 aliphatic rings. The minimum absolute atomic E-state index is 0.0106. The zero-order valence-corrected chi connectivity index (χ0v) is 14.7. The number of aliphatic hydroxyl groups is 1. The maximum Gasteiger partial charge on any atom is 0.519 e. The van der Waals surface area contributed by atoms with E-state index in [2.05, 4.69) is 15.5 Å². The lowest BCUT2D eigenvalue weighted by atomic mass is 10.2. The molecule has 0 spiro atoms. The number of carbonyl (C=O) groups excluding carboxylic acids is 1. The summed E-state index contributed by atoms with van der Waals surface area (Å²) in [5, 5.41) is 17.1. The monoisotopic (exact) mass is 410 g/mol. The molecule has 2 aromatic rings. The molecule has 2 heterocycles. The number of halogens is 5. The van der Waals surface area contributed by atoms with Crippen molar-refractivity contribution >= 4 is 23.5 Å². The summed E-state index contributed by atoms with van der Waals surface area (Å²) in [6.07, 6.45) is -3.97. The third-order valence-corrected chi connectivity index (χ3v) is 3.78. The van der Waals surface area contributed by atoms with Crippen LogP contribution in [-0.2, 0) is 4.79 Å². The molecule has 27 heavy (non-hydrogen) atoms. The molecule has 3 rings (SSSR count). The molecule has 0 saturated carbocycles. The van der Waals surface area contributed by atoms with Crippen molar-refractivity contribution in [1.82, 2.24) is 15.1 Å². The van der Waals surface area contributed by atoms with Gasteiger partial charge < -0.3 is 19.7 Å². The SMILES string of the molecule is C[C@@H](Nc1nnc(-c2ccc(Cl)c(F)c2)o1)C(=O)N1CCC1.OC(F)(F)F. The van der Waals surface area contributed by atoms with E-state index in [1.807, 2.05) is 0 Å². The number of hydrogen-bond acceptors (Lipinski definition) is 6. The molecule has 1 amide bonds. The van der Waals surface area contributed by atoms with Gasteiger partial charge in [-0.05, 0) is 31.5 Å². The van der Waals surface area contributed by atoms with E-state index in [1.165, 1.54) is 12.1 Å². The Morgan fingerprint density at radius 2 is 2.00 bits per heavy atom. The summed E-state index contributed by atoms with van der Waals surface area (Å²) in [6.45, 7) is 3.29. The minimum Gasteiger partial charge on any atom is -0.403 e. The van der Waals surface area contributed by atoms with E-state index in [0.717, 1.165) is 19.5 Å². The van der Waals surface area contributed by atoms with Gasteiger partial charge in [0.1, 0.15) is 11.9 Å². The highest BCUT2D eigenvalue weighted by Crippen LogP contribution is 2.24. The third-order valence-electron chi connectivity index (χ3n) is 3.47. The van der Waals surface area contributed by atoms with Gasteiger partial charge in [0.2, 0.25) is 11.8 Å². The number of anilines is 1. The zero-order valence-electron chi connectivity index (χ0n) is 13.9. The molecule has 1 aliphatic heterocycles. The van der Waals surface area contributed by atoms with Crippen LogP contribution in [0.2, 0.25) is 5.02 Å². The van der Waals surface area contributed by atoms with Crippen molar-refractivity contribution < 1.29 is 31.9 Å². The summed E-state index contributed by atoms with van der Waals surface area (Å²) in [4.78, 5) is 13.8. The highest BCUT2D eigenvalue weighted by atomic mass is 35.5. The lowest BCUT2D eigenvalue weighted by Crippen LogP contribution is -2.48. The average molecular weight is 411 g/mol. The van der Waals surface area contributed by atoms with Gasteiger partial charge >= 0.3 is 12.4 Å². The summed E-state index contributed by atoms with van der Waals surface area (Å²) >= 11 is 5.63. The average Bonchev–Trinajstić information content (AvgIpc) is 2.95. The van der Waals surface area contributed by atoms with Crippen LogP contribution in [-0.4, -0.2) is 51.6 Å². The molecule has 1 fully saturated rings. The quantitative estimate of drug-likeness (QED) is 0.753. The standard InChI is InChI=1S/C14H14ClFN4O2.CHF3O/c1-8(13(21)20-5-2-6-20)17-14-19-18-12(22-14)9-3-4-10(15)11(16)7-9;2-1(3,4)5/h3-4,7-8H,2,5-6H2,1H3,(H,17,19);5H/t8-;/m1./s1. The van der Waals surface area contributed by atoms with E-state index in [1.54, 1.807) is 17.9 Å². The molecule has 2 N–H and O–H groups in total. The Bertz CT molecular complexity index is 790. The van der Waals surface area contributed by atoms with Gasteiger partial charge in [0.05, 0.1) is 5.02 Å². The summed E-state index contributed by atoms with van der Waals surface area (Å²) in [7, 11) is 0. The maximum absolute atomic E-state index is 13.4. The maximum atomic E-state index is 13.4. The minimum atomic E-state index is -5.00. The lowest BCUT2D eigenvalue weighted by Gasteiger charge is -2.33. The molecule has 1 atom stereocenters. The summed E-state index contributed by atoms with van der Waals surface area (Å²) in [6, 6.07) is 3.87. The third kappa shape index (κ3) is 6.36. The molecule has 1 aromatic carbocycles. The Kier molecular flexibility index (Phi) is 6.60. The van der Waals surface area contributed by atoms with Gasteiger partial charge in [0.15, 0.2) is 0 Å². The molecular weight excluding hydrogens is 396 g/mol. The molecule has 12 heteroatoms. The Labute approximate surface area is 155 Å².